The highest BCUT2D eigenvalue weighted by Crippen LogP contribution is 2.18. The van der Waals surface area contributed by atoms with E-state index in [1.807, 2.05) is 0 Å². The SMILES string of the molecule is COCCN1CCC(NC(=O)CCC2CCNCC2)CC1.Cl.Cl. The summed E-state index contributed by atoms with van der Waals surface area (Å²) in [7, 11) is 1.75. The quantitative estimate of drug-likeness (QED) is 0.718. The first kappa shape index (κ1) is 22.9. The maximum absolute atomic E-state index is 12.0. The molecule has 0 spiro atoms. The first-order chi connectivity index (χ1) is 10.3. The van der Waals surface area contributed by atoms with Gasteiger partial charge < -0.3 is 20.3 Å². The molecular weight excluding hydrogens is 337 g/mol. The van der Waals surface area contributed by atoms with Crippen molar-refractivity contribution >= 4 is 30.7 Å². The summed E-state index contributed by atoms with van der Waals surface area (Å²) in [6.07, 6.45) is 6.36. The van der Waals surface area contributed by atoms with Crippen LogP contribution in [-0.2, 0) is 9.53 Å². The molecule has 2 fully saturated rings. The van der Waals surface area contributed by atoms with Gasteiger partial charge in [-0.15, -0.1) is 24.8 Å². The number of ether oxygens (including phenoxy) is 1. The van der Waals surface area contributed by atoms with Gasteiger partial charge >= 0.3 is 0 Å². The molecule has 2 aliphatic rings. The number of likely N-dealkylation sites (tertiary alicyclic amines) is 1. The number of carbonyl (C=O) groups excluding carboxylic acids is 1. The smallest absolute Gasteiger partial charge is 0.220 e. The number of hydrogen-bond acceptors (Lipinski definition) is 4. The summed E-state index contributed by atoms with van der Waals surface area (Å²) in [4.78, 5) is 14.5. The Morgan fingerprint density at radius 2 is 1.83 bits per heavy atom. The molecule has 0 saturated carbocycles. The lowest BCUT2D eigenvalue weighted by atomic mass is 9.93. The van der Waals surface area contributed by atoms with Crippen molar-refractivity contribution in [3.8, 4) is 0 Å². The molecule has 2 aliphatic heterocycles. The Hall–Kier alpha value is -0.0700. The minimum Gasteiger partial charge on any atom is -0.383 e. The molecule has 2 N–H and O–H groups in total. The van der Waals surface area contributed by atoms with Crippen LogP contribution in [0.4, 0.5) is 0 Å². The molecular formula is C16H33Cl2N3O2. The number of halogens is 2. The zero-order chi connectivity index (χ0) is 14.9. The van der Waals surface area contributed by atoms with Crippen LogP contribution in [0.25, 0.3) is 0 Å². The Bertz CT molecular complexity index is 308. The molecule has 5 nitrogen and oxygen atoms in total. The second-order valence-corrected chi connectivity index (χ2v) is 6.41. The van der Waals surface area contributed by atoms with Crippen LogP contribution in [0.2, 0.25) is 0 Å². The van der Waals surface area contributed by atoms with E-state index in [1.54, 1.807) is 7.11 Å². The summed E-state index contributed by atoms with van der Waals surface area (Å²) in [5.41, 5.74) is 0. The summed E-state index contributed by atoms with van der Waals surface area (Å²) in [5.74, 6) is 0.997. The van der Waals surface area contributed by atoms with Gasteiger partial charge in [-0.2, -0.15) is 0 Å². The molecule has 23 heavy (non-hydrogen) atoms. The summed E-state index contributed by atoms with van der Waals surface area (Å²) < 4.78 is 5.11. The molecule has 7 heteroatoms. The van der Waals surface area contributed by atoms with E-state index < -0.39 is 0 Å². The minimum atomic E-state index is 0. The van der Waals surface area contributed by atoms with Crippen LogP contribution < -0.4 is 10.6 Å². The Balaban J connectivity index is 0.00000242. The monoisotopic (exact) mass is 369 g/mol. The van der Waals surface area contributed by atoms with Gasteiger partial charge in [-0.1, -0.05) is 0 Å². The number of amides is 1. The number of nitrogens with zero attached hydrogens (tertiary/aromatic N) is 1. The van der Waals surface area contributed by atoms with E-state index in [-0.39, 0.29) is 30.7 Å². The molecule has 0 atom stereocenters. The van der Waals surface area contributed by atoms with Gasteiger partial charge in [-0.3, -0.25) is 4.79 Å². The highest BCUT2D eigenvalue weighted by atomic mass is 35.5. The van der Waals surface area contributed by atoms with Gasteiger partial charge in [0.25, 0.3) is 0 Å². The summed E-state index contributed by atoms with van der Waals surface area (Å²) >= 11 is 0. The molecule has 2 heterocycles. The molecule has 1 amide bonds. The van der Waals surface area contributed by atoms with Gasteiger partial charge in [-0.25, -0.2) is 0 Å². The van der Waals surface area contributed by atoms with Gasteiger partial charge in [-0.05, 0) is 51.1 Å². The van der Waals surface area contributed by atoms with Gasteiger partial charge in [0, 0.05) is 39.2 Å². The van der Waals surface area contributed by atoms with Crippen molar-refractivity contribution in [2.24, 2.45) is 5.92 Å². The van der Waals surface area contributed by atoms with E-state index >= 15 is 0 Å². The molecule has 0 aromatic heterocycles. The van der Waals surface area contributed by atoms with Gasteiger partial charge in [0.2, 0.25) is 5.91 Å². The van der Waals surface area contributed by atoms with Gasteiger partial charge in [0.1, 0.15) is 0 Å². The largest absolute Gasteiger partial charge is 0.383 e. The topological polar surface area (TPSA) is 53.6 Å². The average molecular weight is 370 g/mol. The lowest BCUT2D eigenvalue weighted by Gasteiger charge is -2.32. The van der Waals surface area contributed by atoms with E-state index in [0.29, 0.717) is 12.5 Å². The Morgan fingerprint density at radius 1 is 1.17 bits per heavy atom. The number of piperidine rings is 2. The zero-order valence-corrected chi connectivity index (χ0v) is 15.9. The molecule has 2 saturated heterocycles. The first-order valence-electron chi connectivity index (χ1n) is 8.49. The summed E-state index contributed by atoms with van der Waals surface area (Å²) in [6, 6.07) is 0.379. The lowest BCUT2D eigenvalue weighted by Crippen LogP contribution is -2.45. The fraction of sp³-hybridized carbons (Fsp3) is 0.938. The van der Waals surface area contributed by atoms with Gasteiger partial charge in [0.05, 0.1) is 6.61 Å². The van der Waals surface area contributed by atoms with E-state index in [1.165, 1.54) is 12.8 Å². The third-order valence-electron chi connectivity index (χ3n) is 4.80. The number of rotatable bonds is 7. The van der Waals surface area contributed by atoms with Crippen LogP contribution in [0, 0.1) is 5.92 Å². The van der Waals surface area contributed by atoms with Crippen LogP contribution in [0.15, 0.2) is 0 Å². The Morgan fingerprint density at radius 3 is 2.43 bits per heavy atom. The van der Waals surface area contributed by atoms with Crippen molar-refractivity contribution < 1.29 is 9.53 Å². The van der Waals surface area contributed by atoms with E-state index in [2.05, 4.69) is 15.5 Å². The lowest BCUT2D eigenvalue weighted by molar-refractivity contribution is -0.122. The van der Waals surface area contributed by atoms with E-state index in [0.717, 1.165) is 64.5 Å². The maximum Gasteiger partial charge on any atom is 0.220 e. The fourth-order valence-corrected chi connectivity index (χ4v) is 3.33. The third kappa shape index (κ3) is 9.11. The molecule has 0 bridgehead atoms. The highest BCUT2D eigenvalue weighted by molar-refractivity contribution is 5.85. The fourth-order valence-electron chi connectivity index (χ4n) is 3.33. The predicted molar refractivity (Wildman–Crippen MR) is 98.8 cm³/mol. The maximum atomic E-state index is 12.0. The molecule has 0 aromatic rings. The minimum absolute atomic E-state index is 0. The standard InChI is InChI=1S/C16H31N3O2.2ClH/c1-21-13-12-19-10-6-15(7-11-19)18-16(20)3-2-14-4-8-17-9-5-14;;/h14-15,17H,2-13H2,1H3,(H,18,20);2*1H. The van der Waals surface area contributed by atoms with Crippen molar-refractivity contribution in [1.29, 1.82) is 0 Å². The number of methoxy groups -OCH3 is 1. The van der Waals surface area contributed by atoms with E-state index in [4.69, 9.17) is 4.74 Å². The molecule has 138 valence electrons. The predicted octanol–water partition coefficient (Wildman–Crippen LogP) is 1.84. The van der Waals surface area contributed by atoms with Crippen molar-refractivity contribution in [2.45, 2.75) is 44.6 Å². The van der Waals surface area contributed by atoms with Gasteiger partial charge in [0.15, 0.2) is 0 Å². The molecule has 0 aromatic carbocycles. The second kappa shape index (κ2) is 13.2. The number of carbonyl (C=O) groups is 1. The van der Waals surface area contributed by atoms with Crippen LogP contribution in [-0.4, -0.2) is 63.3 Å². The van der Waals surface area contributed by atoms with E-state index in [9.17, 15) is 4.79 Å². The van der Waals surface area contributed by atoms with Crippen molar-refractivity contribution in [2.75, 3.05) is 46.4 Å². The second-order valence-electron chi connectivity index (χ2n) is 6.41. The third-order valence-corrected chi connectivity index (χ3v) is 4.80. The number of hydrogen-bond donors (Lipinski definition) is 2. The van der Waals surface area contributed by atoms with Crippen LogP contribution in [0.5, 0.6) is 0 Å². The Kier molecular flexibility index (Phi) is 13.2. The normalized spacial score (nSPS) is 20.4. The van der Waals surface area contributed by atoms with Crippen molar-refractivity contribution in [3.05, 3.63) is 0 Å². The van der Waals surface area contributed by atoms with Crippen LogP contribution in [0.3, 0.4) is 0 Å². The molecule has 0 radical (unpaired) electrons. The first-order valence-corrected chi connectivity index (χ1v) is 8.49. The Labute approximate surface area is 153 Å². The molecule has 2 rings (SSSR count). The number of nitrogens with one attached hydrogen (secondary N) is 2. The van der Waals surface area contributed by atoms with Crippen molar-refractivity contribution in [1.82, 2.24) is 15.5 Å². The van der Waals surface area contributed by atoms with Crippen molar-refractivity contribution in [3.63, 3.8) is 0 Å². The average Bonchev–Trinajstić information content (AvgIpc) is 2.53. The molecule has 0 unspecified atom stereocenters. The van der Waals surface area contributed by atoms with Crippen LogP contribution >= 0.6 is 24.8 Å². The zero-order valence-electron chi connectivity index (χ0n) is 14.2. The highest BCUT2D eigenvalue weighted by Gasteiger charge is 2.21. The van der Waals surface area contributed by atoms with Crippen LogP contribution in [0.1, 0.15) is 38.5 Å². The molecule has 0 aliphatic carbocycles. The summed E-state index contributed by atoms with van der Waals surface area (Å²) in [5, 5.41) is 6.60. The summed E-state index contributed by atoms with van der Waals surface area (Å²) in [6.45, 7) is 6.18.